The van der Waals surface area contributed by atoms with Crippen LogP contribution in [-0.2, 0) is 10.0 Å². The molecule has 0 radical (unpaired) electrons. The number of benzene rings is 1. The maximum atomic E-state index is 13.0. The summed E-state index contributed by atoms with van der Waals surface area (Å²) in [5.41, 5.74) is 1.13. The molecular formula is C14H15FN2O2S. The average molecular weight is 294 g/mol. The summed E-state index contributed by atoms with van der Waals surface area (Å²) in [5.74, 6) is -0.457. The van der Waals surface area contributed by atoms with Gasteiger partial charge < -0.3 is 0 Å². The van der Waals surface area contributed by atoms with Crippen LogP contribution in [0.2, 0.25) is 0 Å². The Labute approximate surface area is 117 Å². The van der Waals surface area contributed by atoms with Crippen molar-refractivity contribution in [3.8, 4) is 0 Å². The fourth-order valence-corrected chi connectivity index (χ4v) is 3.37. The number of hydrogen-bond donors (Lipinski definition) is 1. The van der Waals surface area contributed by atoms with Gasteiger partial charge in [0.1, 0.15) is 5.82 Å². The molecular weight excluding hydrogens is 279 g/mol. The van der Waals surface area contributed by atoms with E-state index < -0.39 is 21.9 Å². The lowest BCUT2D eigenvalue weighted by atomic mass is 10.2. The molecule has 0 saturated carbocycles. The van der Waals surface area contributed by atoms with Gasteiger partial charge in [0, 0.05) is 18.4 Å². The van der Waals surface area contributed by atoms with Crippen LogP contribution in [0.4, 0.5) is 4.39 Å². The van der Waals surface area contributed by atoms with Crippen molar-refractivity contribution in [2.75, 3.05) is 0 Å². The molecule has 0 aliphatic rings. The molecule has 0 aliphatic carbocycles. The maximum absolute atomic E-state index is 13.0. The summed E-state index contributed by atoms with van der Waals surface area (Å²) in [4.78, 5) is 4.03. The minimum absolute atomic E-state index is 0.0784. The van der Waals surface area contributed by atoms with Crippen molar-refractivity contribution in [1.29, 1.82) is 0 Å². The van der Waals surface area contributed by atoms with Gasteiger partial charge in [-0.15, -0.1) is 0 Å². The monoisotopic (exact) mass is 294 g/mol. The van der Waals surface area contributed by atoms with Gasteiger partial charge in [0.25, 0.3) is 0 Å². The zero-order valence-electron chi connectivity index (χ0n) is 11.2. The Balaban J connectivity index is 2.28. The molecule has 20 heavy (non-hydrogen) atoms. The molecule has 0 fully saturated rings. The first-order valence-corrected chi connectivity index (χ1v) is 7.57. The van der Waals surface area contributed by atoms with Crippen molar-refractivity contribution in [3.05, 3.63) is 59.7 Å². The van der Waals surface area contributed by atoms with E-state index in [1.54, 1.807) is 38.4 Å². The number of sulfonamides is 1. The van der Waals surface area contributed by atoms with E-state index in [9.17, 15) is 12.8 Å². The molecule has 1 atom stereocenters. The fourth-order valence-electron chi connectivity index (χ4n) is 1.91. The van der Waals surface area contributed by atoms with E-state index in [0.717, 1.165) is 11.6 Å². The second kappa shape index (κ2) is 5.68. The van der Waals surface area contributed by atoms with E-state index in [1.165, 1.54) is 12.1 Å². The second-order valence-electron chi connectivity index (χ2n) is 4.54. The molecule has 0 aliphatic heterocycles. The molecule has 1 heterocycles. The molecule has 0 saturated heterocycles. The lowest BCUT2D eigenvalue weighted by Gasteiger charge is -2.15. The van der Waals surface area contributed by atoms with Crippen molar-refractivity contribution < 1.29 is 12.8 Å². The number of nitrogens with one attached hydrogen (secondary N) is 1. The molecule has 0 bridgehead atoms. The number of aryl methyl sites for hydroxylation is 1. The number of rotatable bonds is 4. The van der Waals surface area contributed by atoms with Gasteiger partial charge in [-0.25, -0.2) is 17.5 Å². The van der Waals surface area contributed by atoms with Crippen LogP contribution in [0.3, 0.4) is 0 Å². The molecule has 0 amide bonds. The average Bonchev–Trinajstić information content (AvgIpc) is 2.38. The van der Waals surface area contributed by atoms with Gasteiger partial charge >= 0.3 is 0 Å². The van der Waals surface area contributed by atoms with E-state index in [4.69, 9.17) is 0 Å². The summed E-state index contributed by atoms with van der Waals surface area (Å²) in [6.07, 6.45) is 3.22. The predicted octanol–water partition coefficient (Wildman–Crippen LogP) is 2.57. The van der Waals surface area contributed by atoms with Crippen molar-refractivity contribution >= 4 is 10.0 Å². The Kier molecular flexibility index (Phi) is 4.15. The van der Waals surface area contributed by atoms with E-state index >= 15 is 0 Å². The molecule has 1 aromatic carbocycles. The lowest BCUT2D eigenvalue weighted by molar-refractivity contribution is 0.565. The molecule has 2 rings (SSSR count). The van der Waals surface area contributed by atoms with Gasteiger partial charge in [-0.2, -0.15) is 0 Å². The molecule has 1 N–H and O–H groups in total. The van der Waals surface area contributed by atoms with E-state index in [2.05, 4.69) is 9.71 Å². The Morgan fingerprint density at radius 3 is 2.65 bits per heavy atom. The highest BCUT2D eigenvalue weighted by Crippen LogP contribution is 2.19. The van der Waals surface area contributed by atoms with Gasteiger partial charge in [0.15, 0.2) is 0 Å². The highest BCUT2D eigenvalue weighted by Gasteiger charge is 2.20. The number of hydrogen-bond acceptors (Lipinski definition) is 3. The van der Waals surface area contributed by atoms with Crippen LogP contribution in [0, 0.1) is 12.7 Å². The third-order valence-corrected chi connectivity index (χ3v) is 4.64. The van der Waals surface area contributed by atoms with Gasteiger partial charge in [-0.05, 0) is 49.2 Å². The van der Waals surface area contributed by atoms with Crippen LogP contribution in [0.15, 0.2) is 47.6 Å². The SMILES string of the molecule is Cc1cc(F)ccc1S(=O)(=O)N[C@H](C)c1cccnc1. The first-order chi connectivity index (χ1) is 9.40. The first-order valence-electron chi connectivity index (χ1n) is 6.08. The standard InChI is InChI=1S/C14H15FN2O2S/c1-10-8-13(15)5-6-14(10)20(18,19)17-11(2)12-4-3-7-16-9-12/h3-9,11,17H,1-2H3/t11-/m1/s1. The second-order valence-corrected chi connectivity index (χ2v) is 6.22. The smallest absolute Gasteiger partial charge is 0.241 e. The largest absolute Gasteiger partial charge is 0.264 e. The van der Waals surface area contributed by atoms with Crippen LogP contribution in [-0.4, -0.2) is 13.4 Å². The zero-order valence-corrected chi connectivity index (χ0v) is 12.0. The summed E-state index contributed by atoms with van der Waals surface area (Å²) in [6.45, 7) is 3.29. The molecule has 0 unspecified atom stereocenters. The van der Waals surface area contributed by atoms with Crippen LogP contribution >= 0.6 is 0 Å². The Morgan fingerprint density at radius 1 is 1.30 bits per heavy atom. The molecule has 1 aromatic heterocycles. The van der Waals surface area contributed by atoms with E-state index in [0.29, 0.717) is 5.56 Å². The summed E-state index contributed by atoms with van der Waals surface area (Å²) < 4.78 is 40.2. The molecule has 6 heteroatoms. The topological polar surface area (TPSA) is 59.1 Å². The Bertz CT molecular complexity index is 702. The highest BCUT2D eigenvalue weighted by molar-refractivity contribution is 7.89. The Morgan fingerprint density at radius 2 is 2.05 bits per heavy atom. The van der Waals surface area contributed by atoms with Crippen LogP contribution in [0.25, 0.3) is 0 Å². The van der Waals surface area contributed by atoms with Crippen LogP contribution in [0.5, 0.6) is 0 Å². The molecule has 4 nitrogen and oxygen atoms in total. The normalized spacial score (nSPS) is 13.2. The maximum Gasteiger partial charge on any atom is 0.241 e. The molecule has 2 aromatic rings. The number of pyridine rings is 1. The van der Waals surface area contributed by atoms with E-state index in [-0.39, 0.29) is 4.90 Å². The highest BCUT2D eigenvalue weighted by atomic mass is 32.2. The minimum atomic E-state index is -3.70. The summed E-state index contributed by atoms with van der Waals surface area (Å²) in [7, 11) is -3.70. The minimum Gasteiger partial charge on any atom is -0.264 e. The van der Waals surface area contributed by atoms with Crippen LogP contribution < -0.4 is 4.72 Å². The third-order valence-electron chi connectivity index (χ3n) is 2.94. The van der Waals surface area contributed by atoms with Crippen LogP contribution in [0.1, 0.15) is 24.1 Å². The van der Waals surface area contributed by atoms with Gasteiger partial charge in [0.2, 0.25) is 10.0 Å². The quantitative estimate of drug-likeness (QED) is 0.943. The number of halogens is 1. The number of aromatic nitrogens is 1. The molecule has 106 valence electrons. The summed E-state index contributed by atoms with van der Waals surface area (Å²) >= 11 is 0. The summed E-state index contributed by atoms with van der Waals surface area (Å²) in [6, 6.07) is 6.71. The molecule has 0 spiro atoms. The lowest BCUT2D eigenvalue weighted by Crippen LogP contribution is -2.27. The Hall–Kier alpha value is -1.79. The van der Waals surface area contributed by atoms with Crippen molar-refractivity contribution in [2.45, 2.75) is 24.8 Å². The fraction of sp³-hybridized carbons (Fsp3) is 0.214. The van der Waals surface area contributed by atoms with Crippen molar-refractivity contribution in [2.24, 2.45) is 0 Å². The number of nitrogens with zero attached hydrogens (tertiary/aromatic N) is 1. The third kappa shape index (κ3) is 3.20. The van der Waals surface area contributed by atoms with Gasteiger partial charge in [-0.3, -0.25) is 4.98 Å². The first kappa shape index (κ1) is 14.6. The van der Waals surface area contributed by atoms with Crippen molar-refractivity contribution in [1.82, 2.24) is 9.71 Å². The van der Waals surface area contributed by atoms with Crippen molar-refractivity contribution in [3.63, 3.8) is 0 Å². The summed E-state index contributed by atoms with van der Waals surface area (Å²) in [5, 5.41) is 0. The predicted molar refractivity (Wildman–Crippen MR) is 74.1 cm³/mol. The van der Waals surface area contributed by atoms with Gasteiger partial charge in [0.05, 0.1) is 4.90 Å². The van der Waals surface area contributed by atoms with Gasteiger partial charge in [-0.1, -0.05) is 6.07 Å². The van der Waals surface area contributed by atoms with E-state index in [1.807, 2.05) is 0 Å². The zero-order chi connectivity index (χ0) is 14.8.